The maximum Gasteiger partial charge on any atom is 0.280 e. The Morgan fingerprint density at radius 1 is 1.54 bits per heavy atom. The minimum Gasteiger partial charge on any atom is -0.252 e. The molecule has 0 spiro atoms. The average Bonchev–Trinajstić information content (AvgIpc) is 2.08. The number of hydrogen-bond donors (Lipinski definition) is 0. The highest BCUT2D eigenvalue weighted by molar-refractivity contribution is 5.25. The molecule has 68 valence electrons. The molecule has 0 unspecified atom stereocenters. The Morgan fingerprint density at radius 2 is 2.23 bits per heavy atom. The molecular weight excluding hydrogens is 174 g/mol. The van der Waals surface area contributed by atoms with Crippen molar-refractivity contribution in [1.82, 2.24) is 4.98 Å². The van der Waals surface area contributed by atoms with E-state index in [0.29, 0.717) is 11.3 Å². The topological polar surface area (TPSA) is 36.7 Å². The van der Waals surface area contributed by atoms with Gasteiger partial charge < -0.3 is 0 Å². The van der Waals surface area contributed by atoms with Gasteiger partial charge in [-0.1, -0.05) is 6.07 Å². The Hall–Kier alpha value is -1.50. The summed E-state index contributed by atoms with van der Waals surface area (Å²) in [6, 6.07) is 4.72. The van der Waals surface area contributed by atoms with Crippen molar-refractivity contribution in [2.45, 2.75) is 19.8 Å². The third-order valence-corrected chi connectivity index (χ3v) is 1.71. The average molecular weight is 182 g/mol. The first-order valence-corrected chi connectivity index (χ1v) is 3.76. The Bertz CT molecular complexity index is 342. The van der Waals surface area contributed by atoms with E-state index in [1.807, 2.05) is 6.07 Å². The number of halogens is 2. The zero-order valence-corrected chi connectivity index (χ0v) is 7.09. The number of nitrogens with zero attached hydrogens (tertiary/aromatic N) is 2. The van der Waals surface area contributed by atoms with Crippen LogP contribution in [0.15, 0.2) is 12.1 Å². The van der Waals surface area contributed by atoms with Crippen molar-refractivity contribution in [2.24, 2.45) is 0 Å². The van der Waals surface area contributed by atoms with Gasteiger partial charge in [-0.25, -0.2) is 8.78 Å². The Morgan fingerprint density at radius 3 is 2.69 bits per heavy atom. The quantitative estimate of drug-likeness (QED) is 0.704. The molecule has 0 bridgehead atoms. The summed E-state index contributed by atoms with van der Waals surface area (Å²) in [5.41, 5.74) is 0.963. The van der Waals surface area contributed by atoms with Crippen molar-refractivity contribution in [3.05, 3.63) is 29.1 Å². The minimum atomic E-state index is -2.55. The molecule has 0 saturated carbocycles. The molecule has 1 rings (SSSR count). The summed E-state index contributed by atoms with van der Waals surface area (Å²) in [6.07, 6.45) is -2.34. The molecule has 0 amide bonds. The molecule has 0 saturated heterocycles. The summed E-state index contributed by atoms with van der Waals surface area (Å²) < 4.78 is 24.3. The first kappa shape index (κ1) is 9.59. The Labute approximate surface area is 74.8 Å². The Kier molecular flexibility index (Phi) is 2.91. The van der Waals surface area contributed by atoms with Gasteiger partial charge in [0.05, 0.1) is 12.5 Å². The van der Waals surface area contributed by atoms with E-state index in [4.69, 9.17) is 5.26 Å². The fourth-order valence-electron chi connectivity index (χ4n) is 1.00. The maximum atomic E-state index is 12.1. The number of aryl methyl sites for hydroxylation is 1. The van der Waals surface area contributed by atoms with Crippen molar-refractivity contribution in [2.75, 3.05) is 0 Å². The van der Waals surface area contributed by atoms with Crippen LogP contribution in [0.2, 0.25) is 0 Å². The van der Waals surface area contributed by atoms with Crippen LogP contribution in [0, 0.1) is 18.3 Å². The normalized spacial score (nSPS) is 10.1. The fraction of sp³-hybridized carbons (Fsp3) is 0.333. The third kappa shape index (κ3) is 2.22. The van der Waals surface area contributed by atoms with Crippen molar-refractivity contribution in [3.63, 3.8) is 0 Å². The van der Waals surface area contributed by atoms with Crippen molar-refractivity contribution in [1.29, 1.82) is 5.26 Å². The second-order valence-corrected chi connectivity index (χ2v) is 2.62. The first-order valence-electron chi connectivity index (χ1n) is 3.76. The minimum absolute atomic E-state index is 0.211. The summed E-state index contributed by atoms with van der Waals surface area (Å²) >= 11 is 0. The van der Waals surface area contributed by atoms with Gasteiger partial charge in [0.25, 0.3) is 6.43 Å². The van der Waals surface area contributed by atoms with Crippen LogP contribution in [0.4, 0.5) is 8.78 Å². The van der Waals surface area contributed by atoms with E-state index in [2.05, 4.69) is 4.98 Å². The lowest BCUT2D eigenvalue weighted by atomic mass is 10.1. The molecule has 0 aromatic carbocycles. The number of rotatable bonds is 2. The maximum absolute atomic E-state index is 12.1. The lowest BCUT2D eigenvalue weighted by Gasteiger charge is -2.03. The number of aromatic nitrogens is 1. The third-order valence-electron chi connectivity index (χ3n) is 1.71. The number of alkyl halides is 2. The molecule has 0 radical (unpaired) electrons. The number of pyridine rings is 1. The lowest BCUT2D eigenvalue weighted by molar-refractivity contribution is 0.146. The van der Waals surface area contributed by atoms with E-state index in [-0.39, 0.29) is 12.1 Å². The van der Waals surface area contributed by atoms with Gasteiger partial charge in [0, 0.05) is 5.69 Å². The highest BCUT2D eigenvalue weighted by Gasteiger charge is 2.09. The summed E-state index contributed by atoms with van der Waals surface area (Å²) in [5, 5.41) is 8.40. The smallest absolute Gasteiger partial charge is 0.252 e. The fourth-order valence-corrected chi connectivity index (χ4v) is 1.00. The molecule has 0 fully saturated rings. The molecule has 0 aliphatic carbocycles. The van der Waals surface area contributed by atoms with Gasteiger partial charge in [0.1, 0.15) is 5.69 Å². The molecule has 2 nitrogen and oxygen atoms in total. The second kappa shape index (κ2) is 3.94. The van der Waals surface area contributed by atoms with E-state index in [0.717, 1.165) is 0 Å². The molecule has 0 atom stereocenters. The second-order valence-electron chi connectivity index (χ2n) is 2.62. The van der Waals surface area contributed by atoms with Gasteiger partial charge >= 0.3 is 0 Å². The van der Waals surface area contributed by atoms with E-state index in [1.165, 1.54) is 12.1 Å². The van der Waals surface area contributed by atoms with Crippen LogP contribution in [0.1, 0.15) is 23.4 Å². The predicted molar refractivity (Wildman–Crippen MR) is 43.2 cm³/mol. The first-order chi connectivity index (χ1) is 6.15. The summed E-state index contributed by atoms with van der Waals surface area (Å²) in [4.78, 5) is 3.69. The highest BCUT2D eigenvalue weighted by Crippen LogP contribution is 2.17. The van der Waals surface area contributed by atoms with Crippen LogP contribution < -0.4 is 0 Å². The van der Waals surface area contributed by atoms with Crippen LogP contribution in [0.5, 0.6) is 0 Å². The molecule has 1 aromatic heterocycles. The van der Waals surface area contributed by atoms with Crippen LogP contribution in [-0.2, 0) is 6.42 Å². The van der Waals surface area contributed by atoms with Crippen molar-refractivity contribution in [3.8, 4) is 6.07 Å². The molecule has 0 N–H and O–H groups in total. The van der Waals surface area contributed by atoms with Gasteiger partial charge in [-0.05, 0) is 18.6 Å². The SMILES string of the molecule is Cc1nc(C(F)F)ccc1CC#N. The van der Waals surface area contributed by atoms with Crippen molar-refractivity contribution >= 4 is 0 Å². The van der Waals surface area contributed by atoms with Gasteiger partial charge in [-0.3, -0.25) is 4.98 Å². The molecule has 1 heterocycles. The summed E-state index contributed by atoms with van der Waals surface area (Å²) in [7, 11) is 0. The van der Waals surface area contributed by atoms with Crippen LogP contribution >= 0.6 is 0 Å². The van der Waals surface area contributed by atoms with Gasteiger partial charge in [0.15, 0.2) is 0 Å². The standard InChI is InChI=1S/C9H8F2N2/c1-6-7(4-5-12)2-3-8(13-6)9(10)11/h2-3,9H,4H2,1H3. The van der Waals surface area contributed by atoms with Crippen LogP contribution in [0.25, 0.3) is 0 Å². The van der Waals surface area contributed by atoms with Crippen LogP contribution in [0.3, 0.4) is 0 Å². The van der Waals surface area contributed by atoms with E-state index in [9.17, 15) is 8.78 Å². The van der Waals surface area contributed by atoms with E-state index in [1.54, 1.807) is 6.92 Å². The Balaban J connectivity index is 3.00. The molecule has 4 heteroatoms. The largest absolute Gasteiger partial charge is 0.280 e. The van der Waals surface area contributed by atoms with Gasteiger partial charge in [-0.15, -0.1) is 0 Å². The molecule has 0 aliphatic rings. The summed E-state index contributed by atoms with van der Waals surface area (Å²) in [6.45, 7) is 1.62. The van der Waals surface area contributed by atoms with E-state index < -0.39 is 6.43 Å². The van der Waals surface area contributed by atoms with Crippen LogP contribution in [-0.4, -0.2) is 4.98 Å². The van der Waals surface area contributed by atoms with E-state index >= 15 is 0 Å². The molecular formula is C9H8F2N2. The predicted octanol–water partition coefficient (Wildman–Crippen LogP) is 2.39. The lowest BCUT2D eigenvalue weighted by Crippen LogP contribution is -1.96. The number of nitriles is 1. The monoisotopic (exact) mass is 182 g/mol. The zero-order chi connectivity index (χ0) is 9.84. The number of hydrogen-bond acceptors (Lipinski definition) is 2. The highest BCUT2D eigenvalue weighted by atomic mass is 19.3. The van der Waals surface area contributed by atoms with Gasteiger partial charge in [-0.2, -0.15) is 5.26 Å². The summed E-state index contributed by atoms with van der Waals surface area (Å²) in [5.74, 6) is 0. The molecule has 1 aromatic rings. The zero-order valence-electron chi connectivity index (χ0n) is 7.09. The molecule has 13 heavy (non-hydrogen) atoms. The van der Waals surface area contributed by atoms with Gasteiger partial charge in [0.2, 0.25) is 0 Å². The molecule has 0 aliphatic heterocycles. The van der Waals surface area contributed by atoms with Crippen molar-refractivity contribution < 1.29 is 8.78 Å².